The largest absolute Gasteiger partial charge is 0.481 e. The summed E-state index contributed by atoms with van der Waals surface area (Å²) in [6.07, 6.45) is 5.89. The van der Waals surface area contributed by atoms with Crippen LogP contribution in [0.3, 0.4) is 0 Å². The van der Waals surface area contributed by atoms with Gasteiger partial charge in [-0.3, -0.25) is 9.59 Å². The van der Waals surface area contributed by atoms with Gasteiger partial charge in [-0.05, 0) is 50.9 Å². The van der Waals surface area contributed by atoms with Gasteiger partial charge < -0.3 is 9.84 Å². The number of carboxylic acids is 1. The molecule has 124 valence electrons. The van der Waals surface area contributed by atoms with Gasteiger partial charge in [-0.15, -0.1) is 0 Å². The molecule has 4 aliphatic rings. The zero-order valence-electron chi connectivity index (χ0n) is 14.1. The molecular weight excluding hydrogens is 280 g/mol. The molecule has 0 aliphatic heterocycles. The third-order valence-corrected chi connectivity index (χ3v) is 6.52. The molecule has 1 atom stereocenters. The van der Waals surface area contributed by atoms with Gasteiger partial charge in [-0.1, -0.05) is 20.8 Å². The highest BCUT2D eigenvalue weighted by Crippen LogP contribution is 2.64. The van der Waals surface area contributed by atoms with E-state index in [0.717, 1.165) is 37.5 Å². The molecule has 4 heteroatoms. The van der Waals surface area contributed by atoms with Gasteiger partial charge in [0.05, 0.1) is 0 Å². The Morgan fingerprint density at radius 2 is 1.50 bits per heavy atom. The maximum absolute atomic E-state index is 12.4. The third kappa shape index (κ3) is 2.17. The maximum atomic E-state index is 12.4. The number of ether oxygens (including phenoxy) is 1. The van der Waals surface area contributed by atoms with E-state index >= 15 is 0 Å². The number of carbonyl (C=O) groups is 2. The molecular formula is C18H28O4. The van der Waals surface area contributed by atoms with Crippen molar-refractivity contribution in [2.45, 2.75) is 65.4 Å². The molecule has 0 radical (unpaired) electrons. The Labute approximate surface area is 132 Å². The molecule has 4 aliphatic carbocycles. The maximum Gasteiger partial charge on any atom is 0.320 e. The fraction of sp³-hybridized carbons (Fsp3) is 0.889. The highest BCUT2D eigenvalue weighted by atomic mass is 16.6. The predicted molar refractivity (Wildman–Crippen MR) is 82.1 cm³/mol. The Balaban J connectivity index is 1.93. The van der Waals surface area contributed by atoms with E-state index < -0.39 is 23.5 Å². The number of rotatable bonds is 3. The molecule has 0 aromatic heterocycles. The van der Waals surface area contributed by atoms with Gasteiger partial charge >= 0.3 is 11.9 Å². The molecule has 4 fully saturated rings. The topological polar surface area (TPSA) is 63.6 Å². The Morgan fingerprint density at radius 1 is 1.05 bits per heavy atom. The van der Waals surface area contributed by atoms with E-state index in [1.165, 1.54) is 13.3 Å². The number of esters is 1. The highest BCUT2D eigenvalue weighted by Gasteiger charge is 2.64. The number of carboxylic acid groups (broad SMARTS) is 1. The van der Waals surface area contributed by atoms with Gasteiger partial charge in [0.15, 0.2) is 5.92 Å². The van der Waals surface area contributed by atoms with Crippen molar-refractivity contribution in [3.8, 4) is 0 Å². The van der Waals surface area contributed by atoms with E-state index in [0.29, 0.717) is 11.8 Å². The summed E-state index contributed by atoms with van der Waals surface area (Å²) in [5, 5.41) is 9.12. The first-order valence-electron chi connectivity index (χ1n) is 8.60. The van der Waals surface area contributed by atoms with Gasteiger partial charge in [0.2, 0.25) is 0 Å². The summed E-state index contributed by atoms with van der Waals surface area (Å²) in [5.74, 6) is -0.381. The molecule has 0 saturated heterocycles. The Bertz CT molecular complexity index is 460. The summed E-state index contributed by atoms with van der Waals surface area (Å²) >= 11 is 0. The number of hydrogen-bond acceptors (Lipinski definition) is 3. The van der Waals surface area contributed by atoms with Crippen molar-refractivity contribution in [3.63, 3.8) is 0 Å². The molecule has 4 saturated carbocycles. The normalized spacial score (nSPS) is 41.3. The van der Waals surface area contributed by atoms with Crippen LogP contribution in [0.1, 0.15) is 59.8 Å². The molecule has 0 amide bonds. The van der Waals surface area contributed by atoms with Crippen LogP contribution in [0.15, 0.2) is 0 Å². The molecule has 1 N–H and O–H groups in total. The summed E-state index contributed by atoms with van der Waals surface area (Å²) in [7, 11) is 0. The van der Waals surface area contributed by atoms with Gasteiger partial charge in [-0.25, -0.2) is 0 Å². The molecule has 0 aromatic rings. The van der Waals surface area contributed by atoms with E-state index in [1.807, 2.05) is 0 Å². The molecule has 22 heavy (non-hydrogen) atoms. The first kappa shape index (κ1) is 15.8. The van der Waals surface area contributed by atoms with Crippen LogP contribution in [0, 0.1) is 35.0 Å². The van der Waals surface area contributed by atoms with Crippen LogP contribution in [0.25, 0.3) is 0 Å². The van der Waals surface area contributed by atoms with Crippen LogP contribution in [0.4, 0.5) is 0 Å². The molecule has 0 spiro atoms. The average molecular weight is 308 g/mol. The zero-order chi connectivity index (χ0) is 16.3. The summed E-state index contributed by atoms with van der Waals surface area (Å²) < 4.78 is 6.08. The van der Waals surface area contributed by atoms with E-state index in [2.05, 4.69) is 20.8 Å². The number of hydrogen-bond donors (Lipinski definition) is 1. The van der Waals surface area contributed by atoms with Gasteiger partial charge in [-0.2, -0.15) is 0 Å². The van der Waals surface area contributed by atoms with E-state index in [9.17, 15) is 9.59 Å². The predicted octanol–water partition coefficient (Wildman–Crippen LogP) is 3.49. The van der Waals surface area contributed by atoms with Gasteiger partial charge in [0.25, 0.3) is 0 Å². The molecule has 4 rings (SSSR count). The third-order valence-electron chi connectivity index (χ3n) is 6.52. The molecule has 0 aromatic carbocycles. The van der Waals surface area contributed by atoms with E-state index in [1.54, 1.807) is 0 Å². The monoisotopic (exact) mass is 308 g/mol. The lowest BCUT2D eigenvalue weighted by molar-refractivity contribution is -0.247. The second-order valence-corrected chi connectivity index (χ2v) is 8.83. The lowest BCUT2D eigenvalue weighted by Gasteiger charge is -2.64. The lowest BCUT2D eigenvalue weighted by atomic mass is 9.45. The summed E-state index contributed by atoms with van der Waals surface area (Å²) in [4.78, 5) is 23.6. The van der Waals surface area contributed by atoms with Gasteiger partial charge in [0, 0.05) is 17.3 Å². The van der Waals surface area contributed by atoms with Crippen LogP contribution >= 0.6 is 0 Å². The Morgan fingerprint density at radius 3 is 1.86 bits per heavy atom. The molecule has 0 heterocycles. The smallest absolute Gasteiger partial charge is 0.320 e. The van der Waals surface area contributed by atoms with E-state index in [4.69, 9.17) is 9.84 Å². The average Bonchev–Trinajstić information content (AvgIpc) is 2.39. The second-order valence-electron chi connectivity index (χ2n) is 8.83. The second kappa shape index (κ2) is 4.97. The van der Waals surface area contributed by atoms with Crippen molar-refractivity contribution in [1.82, 2.24) is 0 Å². The standard InChI is InChI=1S/C18H28O4/c1-10(15(19)20)16(21)22-18(17(2,3)4)13-6-11-5-12(8-13)9-14(18)7-11/h10-14H,5-9H2,1-4H3,(H,19,20). The summed E-state index contributed by atoms with van der Waals surface area (Å²) in [5.41, 5.74) is -0.648. The van der Waals surface area contributed by atoms with Crippen molar-refractivity contribution in [2.75, 3.05) is 0 Å². The Kier molecular flexibility index (Phi) is 3.57. The van der Waals surface area contributed by atoms with Crippen molar-refractivity contribution in [1.29, 1.82) is 0 Å². The highest BCUT2D eigenvalue weighted by molar-refractivity contribution is 5.93. The first-order valence-corrected chi connectivity index (χ1v) is 8.60. The van der Waals surface area contributed by atoms with E-state index in [-0.39, 0.29) is 5.41 Å². The van der Waals surface area contributed by atoms with Crippen molar-refractivity contribution in [2.24, 2.45) is 35.0 Å². The summed E-state index contributed by atoms with van der Waals surface area (Å²) in [6.45, 7) is 7.87. The number of aliphatic carboxylic acids is 1. The minimum absolute atomic E-state index is 0.163. The minimum Gasteiger partial charge on any atom is -0.481 e. The first-order chi connectivity index (χ1) is 10.1. The van der Waals surface area contributed by atoms with Crippen molar-refractivity contribution < 1.29 is 19.4 Å². The number of carbonyl (C=O) groups excluding carboxylic acids is 1. The van der Waals surface area contributed by atoms with Crippen LogP contribution in [-0.2, 0) is 14.3 Å². The Hall–Kier alpha value is -1.06. The molecule has 1 unspecified atom stereocenters. The quantitative estimate of drug-likeness (QED) is 0.640. The molecule has 4 nitrogen and oxygen atoms in total. The van der Waals surface area contributed by atoms with Crippen LogP contribution < -0.4 is 0 Å². The fourth-order valence-electron chi connectivity index (χ4n) is 5.78. The fourth-order valence-corrected chi connectivity index (χ4v) is 5.78. The van der Waals surface area contributed by atoms with Crippen LogP contribution in [0.5, 0.6) is 0 Å². The minimum atomic E-state index is -1.10. The van der Waals surface area contributed by atoms with Crippen molar-refractivity contribution in [3.05, 3.63) is 0 Å². The van der Waals surface area contributed by atoms with Crippen LogP contribution in [0.2, 0.25) is 0 Å². The van der Waals surface area contributed by atoms with Crippen molar-refractivity contribution >= 4 is 11.9 Å². The lowest BCUT2D eigenvalue weighted by Crippen LogP contribution is -2.65. The summed E-state index contributed by atoms with van der Waals surface area (Å²) in [6, 6.07) is 0. The zero-order valence-corrected chi connectivity index (χ0v) is 14.1. The molecule has 4 bridgehead atoms. The van der Waals surface area contributed by atoms with Gasteiger partial charge in [0.1, 0.15) is 5.60 Å². The van der Waals surface area contributed by atoms with Crippen LogP contribution in [-0.4, -0.2) is 22.6 Å². The SMILES string of the molecule is CC(C(=O)O)C(=O)OC1(C(C)(C)C)C2CC3CC(C2)CC1C3.